The van der Waals surface area contributed by atoms with Gasteiger partial charge in [0.25, 0.3) is 0 Å². The highest BCUT2D eigenvalue weighted by Gasteiger charge is 2.07. The Bertz CT molecular complexity index is 685. The lowest BCUT2D eigenvalue weighted by molar-refractivity contribution is 0.128. The van der Waals surface area contributed by atoms with Crippen molar-refractivity contribution in [3.05, 3.63) is 45.8 Å². The van der Waals surface area contributed by atoms with E-state index in [1.54, 1.807) is 24.3 Å². The lowest BCUT2D eigenvalue weighted by Crippen LogP contribution is -2.03. The molecule has 0 atom stereocenters. The minimum absolute atomic E-state index is 0.276. The summed E-state index contributed by atoms with van der Waals surface area (Å²) < 4.78 is 5.26. The van der Waals surface area contributed by atoms with E-state index in [1.165, 1.54) is 0 Å². The molecule has 0 saturated heterocycles. The zero-order valence-corrected chi connectivity index (χ0v) is 12.7. The van der Waals surface area contributed by atoms with E-state index in [0.29, 0.717) is 39.7 Å². The molecule has 1 heterocycles. The molecule has 0 unspecified atom stereocenters. The Balaban J connectivity index is 2.27. The molecule has 0 spiro atoms. The Morgan fingerprint density at radius 3 is 2.81 bits per heavy atom. The minimum Gasteiger partial charge on any atom is -0.374 e. The normalized spacial score (nSPS) is 10.2. The molecule has 1 aromatic carbocycles. The SMILES string of the molecule is CCOCc1nc(Cl)cc(Nc2cc(C#N)ccc2Cl)n1. The van der Waals surface area contributed by atoms with Crippen molar-refractivity contribution in [1.82, 2.24) is 9.97 Å². The van der Waals surface area contributed by atoms with E-state index < -0.39 is 0 Å². The van der Waals surface area contributed by atoms with Gasteiger partial charge < -0.3 is 10.1 Å². The first-order valence-electron chi connectivity index (χ1n) is 6.20. The highest BCUT2D eigenvalue weighted by Crippen LogP contribution is 2.26. The number of rotatable bonds is 5. The summed E-state index contributed by atoms with van der Waals surface area (Å²) in [5, 5.41) is 12.7. The number of ether oxygens (including phenoxy) is 1. The Hall–Kier alpha value is -1.87. The molecule has 1 aromatic heterocycles. The summed E-state index contributed by atoms with van der Waals surface area (Å²) in [4.78, 5) is 8.36. The summed E-state index contributed by atoms with van der Waals surface area (Å²) in [5.74, 6) is 0.959. The van der Waals surface area contributed by atoms with Crippen molar-refractivity contribution in [3.63, 3.8) is 0 Å². The van der Waals surface area contributed by atoms with Gasteiger partial charge in [0.05, 0.1) is 22.3 Å². The second kappa shape index (κ2) is 7.23. The molecule has 0 fully saturated rings. The van der Waals surface area contributed by atoms with Crippen molar-refractivity contribution in [1.29, 1.82) is 5.26 Å². The van der Waals surface area contributed by atoms with Crippen LogP contribution in [0, 0.1) is 11.3 Å². The minimum atomic E-state index is 0.276. The van der Waals surface area contributed by atoms with E-state index in [1.807, 2.05) is 6.92 Å². The fourth-order valence-corrected chi connectivity index (χ4v) is 1.98. The highest BCUT2D eigenvalue weighted by molar-refractivity contribution is 6.33. The average molecular weight is 323 g/mol. The number of hydrogen-bond acceptors (Lipinski definition) is 5. The number of benzene rings is 1. The molecule has 0 aliphatic heterocycles. The molecule has 0 aliphatic carbocycles. The van der Waals surface area contributed by atoms with Crippen LogP contribution >= 0.6 is 23.2 Å². The topological polar surface area (TPSA) is 70.8 Å². The van der Waals surface area contributed by atoms with Crippen molar-refractivity contribution in [2.24, 2.45) is 0 Å². The Morgan fingerprint density at radius 2 is 2.10 bits per heavy atom. The van der Waals surface area contributed by atoms with Gasteiger partial charge in [0.1, 0.15) is 17.6 Å². The van der Waals surface area contributed by atoms with Gasteiger partial charge >= 0.3 is 0 Å². The van der Waals surface area contributed by atoms with Crippen molar-refractivity contribution in [3.8, 4) is 6.07 Å². The van der Waals surface area contributed by atoms with E-state index in [4.69, 9.17) is 33.2 Å². The number of aromatic nitrogens is 2. The predicted molar refractivity (Wildman–Crippen MR) is 81.8 cm³/mol. The van der Waals surface area contributed by atoms with E-state index in [2.05, 4.69) is 21.4 Å². The molecule has 108 valence electrons. The van der Waals surface area contributed by atoms with Crippen LogP contribution in [0.1, 0.15) is 18.3 Å². The van der Waals surface area contributed by atoms with Gasteiger partial charge in [-0.25, -0.2) is 9.97 Å². The number of nitriles is 1. The second-order valence-electron chi connectivity index (χ2n) is 4.06. The zero-order valence-electron chi connectivity index (χ0n) is 11.2. The molecule has 0 bridgehead atoms. The quantitative estimate of drug-likeness (QED) is 0.844. The smallest absolute Gasteiger partial charge is 0.158 e. The Labute approximate surface area is 132 Å². The fourth-order valence-electron chi connectivity index (χ4n) is 1.62. The summed E-state index contributed by atoms with van der Waals surface area (Å²) in [6, 6.07) is 8.55. The lowest BCUT2D eigenvalue weighted by Gasteiger charge is -2.09. The first-order valence-corrected chi connectivity index (χ1v) is 6.96. The molecule has 2 aromatic rings. The third-order valence-electron chi connectivity index (χ3n) is 2.53. The van der Waals surface area contributed by atoms with Crippen LogP contribution in [-0.2, 0) is 11.3 Å². The van der Waals surface area contributed by atoms with Crippen molar-refractivity contribution in [2.45, 2.75) is 13.5 Å². The molecule has 2 rings (SSSR count). The summed E-state index contributed by atoms with van der Waals surface area (Å²) in [6.07, 6.45) is 0. The maximum atomic E-state index is 8.92. The number of nitrogens with one attached hydrogen (secondary N) is 1. The summed E-state index contributed by atoms with van der Waals surface area (Å²) in [7, 11) is 0. The summed E-state index contributed by atoms with van der Waals surface area (Å²) >= 11 is 12.1. The van der Waals surface area contributed by atoms with E-state index in [-0.39, 0.29) is 6.61 Å². The third kappa shape index (κ3) is 4.30. The van der Waals surface area contributed by atoms with E-state index in [9.17, 15) is 0 Å². The highest BCUT2D eigenvalue weighted by atomic mass is 35.5. The third-order valence-corrected chi connectivity index (χ3v) is 3.06. The molecule has 1 N–H and O–H groups in total. The predicted octanol–water partition coefficient (Wildman–Crippen LogP) is 3.94. The number of nitrogens with zero attached hydrogens (tertiary/aromatic N) is 3. The van der Waals surface area contributed by atoms with Crippen LogP contribution in [0.3, 0.4) is 0 Å². The average Bonchev–Trinajstić information content (AvgIpc) is 2.47. The second-order valence-corrected chi connectivity index (χ2v) is 4.86. The van der Waals surface area contributed by atoms with Crippen LogP contribution in [0.25, 0.3) is 0 Å². The van der Waals surface area contributed by atoms with Crippen molar-refractivity contribution in [2.75, 3.05) is 11.9 Å². The fraction of sp³-hybridized carbons (Fsp3) is 0.214. The first kappa shape index (κ1) is 15.5. The van der Waals surface area contributed by atoms with Crippen LogP contribution in [-0.4, -0.2) is 16.6 Å². The molecule has 0 amide bonds. The molecule has 5 nitrogen and oxygen atoms in total. The molecular formula is C14H12Cl2N4O. The Morgan fingerprint density at radius 1 is 1.29 bits per heavy atom. The lowest BCUT2D eigenvalue weighted by atomic mass is 10.2. The summed E-state index contributed by atoms with van der Waals surface area (Å²) in [6.45, 7) is 2.73. The van der Waals surface area contributed by atoms with E-state index >= 15 is 0 Å². The molecule has 0 radical (unpaired) electrons. The number of halogens is 2. The van der Waals surface area contributed by atoms with Crippen LogP contribution < -0.4 is 5.32 Å². The maximum absolute atomic E-state index is 8.92. The van der Waals surface area contributed by atoms with Gasteiger partial charge in [-0.1, -0.05) is 23.2 Å². The van der Waals surface area contributed by atoms with Gasteiger partial charge in [-0.05, 0) is 25.1 Å². The van der Waals surface area contributed by atoms with Crippen LogP contribution in [0.2, 0.25) is 10.2 Å². The standard InChI is InChI=1S/C14H12Cl2N4O/c1-2-21-8-14-19-12(16)6-13(20-14)18-11-5-9(7-17)3-4-10(11)15/h3-6H,2,8H2,1H3,(H,18,19,20). The van der Waals surface area contributed by atoms with Gasteiger partial charge in [0.15, 0.2) is 5.82 Å². The van der Waals surface area contributed by atoms with Crippen LogP contribution in [0.5, 0.6) is 0 Å². The van der Waals surface area contributed by atoms with Gasteiger partial charge in [-0.3, -0.25) is 0 Å². The monoisotopic (exact) mass is 322 g/mol. The first-order chi connectivity index (χ1) is 10.1. The molecule has 21 heavy (non-hydrogen) atoms. The van der Waals surface area contributed by atoms with Crippen LogP contribution in [0.15, 0.2) is 24.3 Å². The van der Waals surface area contributed by atoms with Gasteiger partial charge in [0.2, 0.25) is 0 Å². The van der Waals surface area contributed by atoms with Crippen molar-refractivity contribution < 1.29 is 4.74 Å². The molecule has 0 aliphatic rings. The van der Waals surface area contributed by atoms with E-state index in [0.717, 1.165) is 0 Å². The molecular weight excluding hydrogens is 311 g/mol. The summed E-state index contributed by atoms with van der Waals surface area (Å²) in [5.41, 5.74) is 1.07. The van der Waals surface area contributed by atoms with Gasteiger partial charge in [-0.15, -0.1) is 0 Å². The van der Waals surface area contributed by atoms with Gasteiger partial charge in [-0.2, -0.15) is 5.26 Å². The maximum Gasteiger partial charge on any atom is 0.158 e. The van der Waals surface area contributed by atoms with Crippen molar-refractivity contribution >= 4 is 34.7 Å². The Kier molecular flexibility index (Phi) is 5.34. The number of hydrogen-bond donors (Lipinski definition) is 1. The molecule has 0 saturated carbocycles. The largest absolute Gasteiger partial charge is 0.374 e. The van der Waals surface area contributed by atoms with Crippen LogP contribution in [0.4, 0.5) is 11.5 Å². The van der Waals surface area contributed by atoms with Gasteiger partial charge in [0, 0.05) is 12.7 Å². The zero-order chi connectivity index (χ0) is 15.2. The molecule has 7 heteroatoms. The number of anilines is 2.